The number of Topliss-reactive ketones (excluding diaryl/α,β-unsaturated/α-hetero) is 1. The quantitative estimate of drug-likeness (QED) is 0.698. The Balaban J connectivity index is 1.22. The fraction of sp³-hybridized carbons (Fsp3) is 0.880. The van der Waals surface area contributed by atoms with Gasteiger partial charge in [-0.1, -0.05) is 25.0 Å². The topological polar surface area (TPSA) is 68.0 Å². The monoisotopic (exact) mass is 413 g/mol. The van der Waals surface area contributed by atoms with Crippen LogP contribution in [0.5, 0.6) is 0 Å². The number of ketones is 1. The molecule has 5 rings (SSSR count). The smallest absolute Gasteiger partial charge is 0.157 e. The van der Waals surface area contributed by atoms with Crippen molar-refractivity contribution >= 4 is 5.78 Å². The molecule has 0 bridgehead atoms. The molecule has 7 atom stereocenters. The molecule has 4 fully saturated rings. The van der Waals surface area contributed by atoms with Gasteiger partial charge in [0.05, 0.1) is 11.8 Å². The number of fused-ring (bicyclic) bond motifs is 1. The van der Waals surface area contributed by atoms with Crippen LogP contribution < -0.4 is 0 Å². The summed E-state index contributed by atoms with van der Waals surface area (Å²) in [7, 11) is 0. The van der Waals surface area contributed by atoms with Crippen LogP contribution in [0.15, 0.2) is 12.4 Å². The number of nitrogens with zero attached hydrogens (tertiary/aromatic N) is 3. The van der Waals surface area contributed by atoms with Crippen molar-refractivity contribution in [3.8, 4) is 0 Å². The number of carbonyl (C=O) groups excluding carboxylic acids is 1. The third kappa shape index (κ3) is 3.36. The van der Waals surface area contributed by atoms with Crippen LogP contribution in [0.3, 0.4) is 0 Å². The van der Waals surface area contributed by atoms with Gasteiger partial charge in [-0.2, -0.15) is 0 Å². The van der Waals surface area contributed by atoms with Gasteiger partial charge in [0.1, 0.15) is 6.54 Å². The minimum atomic E-state index is -0.431. The summed E-state index contributed by atoms with van der Waals surface area (Å²) in [6.45, 7) is 4.58. The lowest BCUT2D eigenvalue weighted by Crippen LogP contribution is -2.46. The molecular weight excluding hydrogens is 374 g/mol. The lowest BCUT2D eigenvalue weighted by Gasteiger charge is -2.52. The zero-order valence-electron chi connectivity index (χ0n) is 18.9. The van der Waals surface area contributed by atoms with E-state index in [2.05, 4.69) is 24.2 Å². The zero-order chi connectivity index (χ0) is 21.0. The van der Waals surface area contributed by atoms with Crippen molar-refractivity contribution in [2.24, 2.45) is 34.5 Å². The number of hydrogen-bond acceptors (Lipinski definition) is 4. The van der Waals surface area contributed by atoms with Crippen molar-refractivity contribution in [1.29, 1.82) is 0 Å². The van der Waals surface area contributed by atoms with Crippen molar-refractivity contribution in [2.45, 2.75) is 103 Å². The molecule has 4 saturated carbocycles. The van der Waals surface area contributed by atoms with E-state index in [1.807, 2.05) is 0 Å². The molecule has 4 aliphatic carbocycles. The molecule has 166 valence electrons. The Morgan fingerprint density at radius 2 is 2.10 bits per heavy atom. The summed E-state index contributed by atoms with van der Waals surface area (Å²) in [5, 5.41) is 18.5. The van der Waals surface area contributed by atoms with Gasteiger partial charge in [-0.05, 0) is 99.7 Å². The van der Waals surface area contributed by atoms with Gasteiger partial charge in [0, 0.05) is 12.1 Å². The minimum absolute atomic E-state index is 0.154. The molecule has 0 saturated heterocycles. The van der Waals surface area contributed by atoms with Crippen molar-refractivity contribution in [3.63, 3.8) is 0 Å². The summed E-state index contributed by atoms with van der Waals surface area (Å²) in [6, 6.07) is 0. The van der Waals surface area contributed by atoms with E-state index in [1.165, 1.54) is 51.4 Å². The molecule has 0 spiro atoms. The van der Waals surface area contributed by atoms with Gasteiger partial charge in [0.25, 0.3) is 0 Å². The van der Waals surface area contributed by atoms with Gasteiger partial charge in [-0.3, -0.25) is 4.79 Å². The van der Waals surface area contributed by atoms with Gasteiger partial charge < -0.3 is 5.11 Å². The van der Waals surface area contributed by atoms with Crippen LogP contribution in [-0.2, 0) is 11.3 Å². The molecule has 30 heavy (non-hydrogen) atoms. The molecule has 5 nitrogen and oxygen atoms in total. The second-order valence-electron chi connectivity index (χ2n) is 11.5. The third-order valence-electron chi connectivity index (χ3n) is 9.92. The van der Waals surface area contributed by atoms with E-state index in [9.17, 15) is 9.90 Å². The van der Waals surface area contributed by atoms with Crippen LogP contribution >= 0.6 is 0 Å². The molecule has 1 N–H and O–H groups in total. The normalized spacial score (nSPS) is 43.2. The first-order valence-corrected chi connectivity index (χ1v) is 12.5. The Morgan fingerprint density at radius 3 is 2.87 bits per heavy atom. The second kappa shape index (κ2) is 7.43. The summed E-state index contributed by atoms with van der Waals surface area (Å²) in [5.74, 6) is 3.01. The molecule has 5 heteroatoms. The molecular formula is C25H39N3O2. The Labute approximate surface area is 181 Å². The zero-order valence-corrected chi connectivity index (χ0v) is 18.9. The highest BCUT2D eigenvalue weighted by Crippen LogP contribution is 2.82. The average molecular weight is 414 g/mol. The Morgan fingerprint density at radius 1 is 1.23 bits per heavy atom. The molecule has 1 aromatic heterocycles. The first kappa shape index (κ1) is 20.7. The highest BCUT2D eigenvalue weighted by Gasteiger charge is 2.75. The number of carbonyl (C=O) groups is 1. The summed E-state index contributed by atoms with van der Waals surface area (Å²) < 4.78 is 1.66. The van der Waals surface area contributed by atoms with E-state index in [0.717, 1.165) is 43.4 Å². The van der Waals surface area contributed by atoms with Crippen LogP contribution in [0, 0.1) is 34.5 Å². The molecule has 0 aromatic carbocycles. The van der Waals surface area contributed by atoms with Crippen molar-refractivity contribution < 1.29 is 9.90 Å². The molecule has 0 unspecified atom stereocenters. The van der Waals surface area contributed by atoms with Gasteiger partial charge in [0.15, 0.2) is 5.78 Å². The van der Waals surface area contributed by atoms with Gasteiger partial charge in [-0.25, -0.2) is 4.68 Å². The van der Waals surface area contributed by atoms with Crippen LogP contribution in [0.2, 0.25) is 0 Å². The Hall–Kier alpha value is -1.23. The highest BCUT2D eigenvalue weighted by molar-refractivity contribution is 5.80. The number of hydrogen-bond donors (Lipinski definition) is 1. The molecule has 4 aliphatic rings. The fourth-order valence-corrected chi connectivity index (χ4v) is 8.49. The molecule has 0 aliphatic heterocycles. The number of aromatic nitrogens is 3. The number of rotatable bonds is 7. The van der Waals surface area contributed by atoms with Crippen LogP contribution in [-0.4, -0.2) is 31.5 Å². The van der Waals surface area contributed by atoms with E-state index < -0.39 is 5.60 Å². The fourth-order valence-electron chi connectivity index (χ4n) is 8.49. The van der Waals surface area contributed by atoms with Gasteiger partial charge in [0.2, 0.25) is 0 Å². The maximum atomic E-state index is 12.8. The molecule has 0 amide bonds. The predicted molar refractivity (Wildman–Crippen MR) is 116 cm³/mol. The maximum absolute atomic E-state index is 12.8. The van der Waals surface area contributed by atoms with Crippen LogP contribution in [0.4, 0.5) is 0 Å². The standard InChI is InChI=1S/C25H39N3O2/c1-3-18(22(29)15-28-14-13-26-27-28)7-8-19-5-4-6-21-20(19)9-10-24-16-23(2,30)11-12-25(21,24)17-24/h13-14,18-21,30H,3-12,15-17H2,1-2H3/t18-,19+,20+,21+,23-,24-,25+/m1/s1. The van der Waals surface area contributed by atoms with Crippen LogP contribution in [0.25, 0.3) is 0 Å². The summed E-state index contributed by atoms with van der Waals surface area (Å²) in [6.07, 6.45) is 18.1. The number of aliphatic hydroxyl groups is 1. The van der Waals surface area contributed by atoms with E-state index in [1.54, 1.807) is 17.1 Å². The van der Waals surface area contributed by atoms with Crippen molar-refractivity contribution in [2.75, 3.05) is 0 Å². The largest absolute Gasteiger partial charge is 0.390 e. The average Bonchev–Trinajstić information content (AvgIpc) is 3.12. The highest BCUT2D eigenvalue weighted by atomic mass is 16.3. The molecule has 1 heterocycles. The minimum Gasteiger partial charge on any atom is -0.390 e. The van der Waals surface area contributed by atoms with Crippen molar-refractivity contribution in [3.05, 3.63) is 12.4 Å². The molecule has 1 aromatic rings. The maximum Gasteiger partial charge on any atom is 0.157 e. The van der Waals surface area contributed by atoms with Crippen molar-refractivity contribution in [1.82, 2.24) is 15.0 Å². The van der Waals surface area contributed by atoms with Crippen LogP contribution in [0.1, 0.15) is 90.9 Å². The Bertz CT molecular complexity index is 775. The van der Waals surface area contributed by atoms with Gasteiger partial charge >= 0.3 is 0 Å². The second-order valence-corrected chi connectivity index (χ2v) is 11.5. The first-order chi connectivity index (χ1) is 14.4. The van der Waals surface area contributed by atoms with E-state index in [0.29, 0.717) is 23.2 Å². The third-order valence-corrected chi connectivity index (χ3v) is 9.92. The SMILES string of the molecule is CC[C@H](CC[C@@H]1CCC[C@H]2[C@H]1CC[C@]13C[C@](C)(O)CC[C@]21C3)C(=O)Cn1ccnn1. The lowest BCUT2D eigenvalue weighted by atomic mass is 9.53. The first-order valence-electron chi connectivity index (χ1n) is 12.5. The van der Waals surface area contributed by atoms with E-state index in [-0.39, 0.29) is 5.92 Å². The molecule has 0 radical (unpaired) electrons. The summed E-state index contributed by atoms with van der Waals surface area (Å²) in [4.78, 5) is 12.8. The van der Waals surface area contributed by atoms with E-state index >= 15 is 0 Å². The summed E-state index contributed by atoms with van der Waals surface area (Å²) >= 11 is 0. The predicted octanol–water partition coefficient (Wildman–Crippen LogP) is 4.79. The Kier molecular flexibility index (Phi) is 5.11. The van der Waals surface area contributed by atoms with E-state index in [4.69, 9.17) is 0 Å². The summed E-state index contributed by atoms with van der Waals surface area (Å²) in [5.41, 5.74) is 0.598. The van der Waals surface area contributed by atoms with Gasteiger partial charge in [-0.15, -0.1) is 5.10 Å². The lowest BCUT2D eigenvalue weighted by molar-refractivity contribution is -0.124.